The van der Waals surface area contributed by atoms with Crippen molar-refractivity contribution in [2.45, 2.75) is 59.7 Å². The third-order valence-electron chi connectivity index (χ3n) is 3.87. The number of rotatable bonds is 5. The molecule has 21 heavy (non-hydrogen) atoms. The first-order valence-corrected chi connectivity index (χ1v) is 8.76. The fraction of sp³-hybridized carbons (Fsp3) is 0.706. The normalized spacial score (nSPS) is 23.3. The Kier molecular flexibility index (Phi) is 5.10. The summed E-state index contributed by atoms with van der Waals surface area (Å²) in [5.41, 5.74) is 0.246. The van der Waals surface area contributed by atoms with Gasteiger partial charge < -0.3 is 4.90 Å². The van der Waals surface area contributed by atoms with E-state index >= 15 is 0 Å². The topological polar surface area (TPSA) is 32.3 Å². The Bertz CT molecular complexity index is 462. The Morgan fingerprint density at radius 3 is 2.62 bits per heavy atom. The molecule has 3 nitrogen and oxygen atoms in total. The summed E-state index contributed by atoms with van der Waals surface area (Å²) in [7, 11) is 0. The molecule has 1 aromatic rings. The van der Waals surface area contributed by atoms with Crippen molar-refractivity contribution in [3.63, 3.8) is 0 Å². The first-order chi connectivity index (χ1) is 9.78. The van der Waals surface area contributed by atoms with Gasteiger partial charge in [0, 0.05) is 11.4 Å². The molecule has 0 aliphatic carbocycles. The molecule has 1 amide bonds. The maximum Gasteiger partial charge on any atom is 0.241 e. The molecule has 0 saturated carbocycles. The van der Waals surface area contributed by atoms with Crippen molar-refractivity contribution in [3.05, 3.63) is 22.4 Å². The van der Waals surface area contributed by atoms with Gasteiger partial charge in [-0.3, -0.25) is 10.1 Å². The second-order valence-electron chi connectivity index (χ2n) is 7.61. The number of nitrogens with zero attached hydrogens (tertiary/aromatic N) is 1. The molecule has 1 aliphatic heterocycles. The van der Waals surface area contributed by atoms with Crippen LogP contribution in [0.15, 0.2) is 17.5 Å². The van der Waals surface area contributed by atoms with E-state index in [0.29, 0.717) is 5.92 Å². The fourth-order valence-corrected chi connectivity index (χ4v) is 3.49. The van der Waals surface area contributed by atoms with E-state index in [1.165, 1.54) is 4.88 Å². The van der Waals surface area contributed by atoms with Crippen LogP contribution < -0.4 is 5.32 Å². The largest absolute Gasteiger partial charge is 0.321 e. The molecule has 118 valence electrons. The SMILES string of the molecule is CC(C)CC1NC(c2cccs2)N(CCC(C)(C)C)C1=O. The van der Waals surface area contributed by atoms with Crippen LogP contribution >= 0.6 is 11.3 Å². The highest BCUT2D eigenvalue weighted by atomic mass is 32.1. The Morgan fingerprint density at radius 1 is 1.38 bits per heavy atom. The minimum Gasteiger partial charge on any atom is -0.321 e. The summed E-state index contributed by atoms with van der Waals surface area (Å²) < 4.78 is 0. The van der Waals surface area contributed by atoms with E-state index in [4.69, 9.17) is 0 Å². The molecule has 2 heterocycles. The Balaban J connectivity index is 2.14. The molecule has 1 aromatic heterocycles. The molecular formula is C17H28N2OS. The van der Waals surface area contributed by atoms with Gasteiger partial charge in [-0.2, -0.15) is 0 Å². The number of hydrogen-bond donors (Lipinski definition) is 1. The Labute approximate surface area is 132 Å². The molecule has 0 radical (unpaired) electrons. The average molecular weight is 308 g/mol. The van der Waals surface area contributed by atoms with E-state index in [0.717, 1.165) is 19.4 Å². The molecule has 2 unspecified atom stereocenters. The molecule has 2 rings (SSSR count). The van der Waals surface area contributed by atoms with Gasteiger partial charge in [0.05, 0.1) is 6.04 Å². The number of carbonyl (C=O) groups excluding carboxylic acids is 1. The van der Waals surface area contributed by atoms with Gasteiger partial charge in [0.1, 0.15) is 6.17 Å². The van der Waals surface area contributed by atoms with Gasteiger partial charge in [-0.05, 0) is 35.6 Å². The van der Waals surface area contributed by atoms with Crippen LogP contribution in [-0.2, 0) is 4.79 Å². The number of amides is 1. The molecule has 1 fully saturated rings. The van der Waals surface area contributed by atoms with Gasteiger partial charge in [-0.1, -0.05) is 40.7 Å². The maximum absolute atomic E-state index is 12.7. The molecule has 0 spiro atoms. The lowest BCUT2D eigenvalue weighted by molar-refractivity contribution is -0.130. The standard InChI is InChI=1S/C17H28N2OS/c1-12(2)11-13-16(20)19(9-8-17(3,4)5)15(18-13)14-7-6-10-21-14/h6-7,10,12-13,15,18H,8-9,11H2,1-5H3. The molecule has 1 saturated heterocycles. The van der Waals surface area contributed by atoms with Gasteiger partial charge in [-0.15, -0.1) is 11.3 Å². The highest BCUT2D eigenvalue weighted by molar-refractivity contribution is 7.10. The minimum absolute atomic E-state index is 0.0305. The minimum atomic E-state index is -0.0305. The van der Waals surface area contributed by atoms with Crippen molar-refractivity contribution in [2.75, 3.05) is 6.54 Å². The van der Waals surface area contributed by atoms with E-state index in [9.17, 15) is 4.79 Å². The average Bonchev–Trinajstić information content (AvgIpc) is 2.95. The van der Waals surface area contributed by atoms with Gasteiger partial charge in [0.15, 0.2) is 0 Å². The van der Waals surface area contributed by atoms with Crippen LogP contribution in [0.5, 0.6) is 0 Å². The summed E-state index contributed by atoms with van der Waals surface area (Å²) >= 11 is 1.72. The van der Waals surface area contributed by atoms with E-state index in [1.807, 2.05) is 4.90 Å². The quantitative estimate of drug-likeness (QED) is 0.890. The molecule has 0 bridgehead atoms. The monoisotopic (exact) mass is 308 g/mol. The smallest absolute Gasteiger partial charge is 0.241 e. The van der Waals surface area contributed by atoms with Gasteiger partial charge >= 0.3 is 0 Å². The van der Waals surface area contributed by atoms with Gasteiger partial charge in [0.25, 0.3) is 0 Å². The van der Waals surface area contributed by atoms with Crippen molar-refractivity contribution < 1.29 is 4.79 Å². The zero-order valence-corrected chi connectivity index (χ0v) is 14.7. The number of nitrogens with one attached hydrogen (secondary N) is 1. The Hall–Kier alpha value is -0.870. The maximum atomic E-state index is 12.7. The van der Waals surface area contributed by atoms with Crippen molar-refractivity contribution in [3.8, 4) is 0 Å². The summed E-state index contributed by atoms with van der Waals surface area (Å²) in [5.74, 6) is 0.796. The number of hydrogen-bond acceptors (Lipinski definition) is 3. The molecule has 2 atom stereocenters. The third kappa shape index (κ3) is 4.30. The van der Waals surface area contributed by atoms with Crippen LogP contribution in [-0.4, -0.2) is 23.4 Å². The van der Waals surface area contributed by atoms with Crippen LogP contribution in [0.1, 0.15) is 58.5 Å². The third-order valence-corrected chi connectivity index (χ3v) is 4.80. The molecule has 4 heteroatoms. The summed E-state index contributed by atoms with van der Waals surface area (Å²) in [4.78, 5) is 16.0. The Morgan fingerprint density at radius 2 is 2.10 bits per heavy atom. The van der Waals surface area contributed by atoms with E-state index in [-0.39, 0.29) is 23.5 Å². The van der Waals surface area contributed by atoms with E-state index in [2.05, 4.69) is 57.4 Å². The van der Waals surface area contributed by atoms with Crippen molar-refractivity contribution in [2.24, 2.45) is 11.3 Å². The number of carbonyl (C=O) groups is 1. The van der Waals surface area contributed by atoms with Crippen LogP contribution in [0.4, 0.5) is 0 Å². The fourth-order valence-electron chi connectivity index (χ4n) is 2.70. The van der Waals surface area contributed by atoms with E-state index < -0.39 is 0 Å². The zero-order chi connectivity index (χ0) is 15.6. The van der Waals surface area contributed by atoms with Crippen LogP contribution in [0.2, 0.25) is 0 Å². The molecule has 1 aliphatic rings. The predicted octanol–water partition coefficient (Wildman–Crippen LogP) is 4.03. The lowest BCUT2D eigenvalue weighted by atomic mass is 9.92. The molecule has 0 aromatic carbocycles. The second-order valence-corrected chi connectivity index (χ2v) is 8.59. The second kappa shape index (κ2) is 6.49. The van der Waals surface area contributed by atoms with Gasteiger partial charge in [-0.25, -0.2) is 0 Å². The van der Waals surface area contributed by atoms with Crippen LogP contribution in [0, 0.1) is 11.3 Å². The van der Waals surface area contributed by atoms with Crippen molar-refractivity contribution >= 4 is 17.2 Å². The van der Waals surface area contributed by atoms with E-state index in [1.54, 1.807) is 11.3 Å². The first kappa shape index (κ1) is 16.5. The summed E-state index contributed by atoms with van der Waals surface area (Å²) in [5, 5.41) is 5.63. The zero-order valence-electron chi connectivity index (χ0n) is 13.8. The lowest BCUT2D eigenvalue weighted by Gasteiger charge is -2.27. The molecular weight excluding hydrogens is 280 g/mol. The van der Waals surface area contributed by atoms with Gasteiger partial charge in [0.2, 0.25) is 5.91 Å². The number of thiophene rings is 1. The van der Waals surface area contributed by atoms with Crippen molar-refractivity contribution in [1.82, 2.24) is 10.2 Å². The highest BCUT2D eigenvalue weighted by Crippen LogP contribution is 2.32. The van der Waals surface area contributed by atoms with Crippen molar-refractivity contribution in [1.29, 1.82) is 0 Å². The molecule has 1 N–H and O–H groups in total. The highest BCUT2D eigenvalue weighted by Gasteiger charge is 2.40. The predicted molar refractivity (Wildman–Crippen MR) is 89.2 cm³/mol. The summed E-state index contributed by atoms with van der Waals surface area (Å²) in [6, 6.07) is 4.15. The first-order valence-electron chi connectivity index (χ1n) is 7.88. The summed E-state index contributed by atoms with van der Waals surface area (Å²) in [6.07, 6.45) is 1.99. The van der Waals surface area contributed by atoms with Crippen LogP contribution in [0.3, 0.4) is 0 Å². The lowest BCUT2D eigenvalue weighted by Crippen LogP contribution is -2.33. The van der Waals surface area contributed by atoms with Crippen LogP contribution in [0.25, 0.3) is 0 Å². The summed E-state index contributed by atoms with van der Waals surface area (Å²) in [6.45, 7) is 11.9.